The molecule has 0 aliphatic carbocycles. The zero-order chi connectivity index (χ0) is 12.0. The van der Waals surface area contributed by atoms with E-state index in [4.69, 9.17) is 0 Å². The lowest BCUT2D eigenvalue weighted by Crippen LogP contribution is -2.40. The highest BCUT2D eigenvalue weighted by atomic mass is 32.2. The minimum atomic E-state index is 0.169. The molecule has 0 aromatic heterocycles. The van der Waals surface area contributed by atoms with Gasteiger partial charge in [-0.3, -0.25) is 4.79 Å². The second-order valence-corrected chi connectivity index (χ2v) is 5.87. The monoisotopic (exact) mass is 231 g/mol. The molecule has 0 bridgehead atoms. The van der Waals surface area contributed by atoms with Crippen molar-refractivity contribution in [3.05, 3.63) is 0 Å². The number of thioether (sulfide) groups is 1. The summed E-state index contributed by atoms with van der Waals surface area (Å²) in [6.07, 6.45) is 0. The number of amides is 1. The van der Waals surface area contributed by atoms with Crippen LogP contribution in [0.1, 0.15) is 34.6 Å². The first-order chi connectivity index (χ1) is 6.91. The van der Waals surface area contributed by atoms with Gasteiger partial charge in [0.15, 0.2) is 0 Å². The molecular formula is C12H25NOS. The molecule has 1 amide bonds. The predicted molar refractivity (Wildman–Crippen MR) is 69.2 cm³/mol. The molecular weight excluding hydrogens is 206 g/mol. The maximum atomic E-state index is 12.1. The SMILES string of the molecule is CCSC[C@H](C(=O)N(C)C(C)C)C(C)C. The molecule has 0 heterocycles. The van der Waals surface area contributed by atoms with Crippen LogP contribution >= 0.6 is 11.8 Å². The molecule has 0 aromatic carbocycles. The topological polar surface area (TPSA) is 20.3 Å². The summed E-state index contributed by atoms with van der Waals surface area (Å²) in [5.41, 5.74) is 0. The van der Waals surface area contributed by atoms with E-state index in [1.165, 1.54) is 0 Å². The summed E-state index contributed by atoms with van der Waals surface area (Å²) in [6, 6.07) is 0.297. The lowest BCUT2D eigenvalue weighted by atomic mass is 9.96. The van der Waals surface area contributed by atoms with Crippen molar-refractivity contribution in [1.29, 1.82) is 0 Å². The Bertz CT molecular complexity index is 192. The standard InChI is InChI=1S/C12H25NOS/c1-7-15-8-11(9(2)3)12(14)13(6)10(4)5/h9-11H,7-8H2,1-6H3/t11-/m0/s1. The van der Waals surface area contributed by atoms with Crippen LogP contribution in [0.5, 0.6) is 0 Å². The zero-order valence-electron chi connectivity index (χ0n) is 10.9. The van der Waals surface area contributed by atoms with E-state index in [1.54, 1.807) is 0 Å². The third-order valence-corrected chi connectivity index (χ3v) is 3.75. The molecule has 0 aliphatic heterocycles. The van der Waals surface area contributed by atoms with Crippen molar-refractivity contribution in [2.45, 2.75) is 40.7 Å². The average molecular weight is 231 g/mol. The van der Waals surface area contributed by atoms with Gasteiger partial charge < -0.3 is 4.90 Å². The van der Waals surface area contributed by atoms with Gasteiger partial charge in [0.25, 0.3) is 0 Å². The first-order valence-corrected chi connectivity index (χ1v) is 6.91. The summed E-state index contributed by atoms with van der Waals surface area (Å²) >= 11 is 1.85. The van der Waals surface area contributed by atoms with Crippen LogP contribution in [0.2, 0.25) is 0 Å². The molecule has 90 valence electrons. The van der Waals surface area contributed by atoms with Crippen LogP contribution in [0.4, 0.5) is 0 Å². The third kappa shape index (κ3) is 4.92. The van der Waals surface area contributed by atoms with E-state index < -0.39 is 0 Å². The molecule has 2 nitrogen and oxygen atoms in total. The molecule has 15 heavy (non-hydrogen) atoms. The number of nitrogens with zero attached hydrogens (tertiary/aromatic N) is 1. The number of hydrogen-bond donors (Lipinski definition) is 0. The fraction of sp³-hybridized carbons (Fsp3) is 0.917. The lowest BCUT2D eigenvalue weighted by molar-refractivity contribution is -0.136. The van der Waals surface area contributed by atoms with Crippen molar-refractivity contribution in [3.8, 4) is 0 Å². The van der Waals surface area contributed by atoms with Crippen LogP contribution in [-0.4, -0.2) is 35.4 Å². The Labute approximate surface area is 98.8 Å². The number of hydrogen-bond acceptors (Lipinski definition) is 2. The Morgan fingerprint density at radius 3 is 2.13 bits per heavy atom. The van der Waals surface area contributed by atoms with Gasteiger partial charge in [0.1, 0.15) is 0 Å². The summed E-state index contributed by atoms with van der Waals surface area (Å²) < 4.78 is 0. The Balaban J connectivity index is 4.41. The van der Waals surface area contributed by atoms with Gasteiger partial charge in [-0.05, 0) is 25.5 Å². The van der Waals surface area contributed by atoms with Crippen molar-refractivity contribution < 1.29 is 4.79 Å². The van der Waals surface area contributed by atoms with Crippen LogP contribution in [0, 0.1) is 11.8 Å². The summed E-state index contributed by atoms with van der Waals surface area (Å²) in [7, 11) is 1.90. The normalized spacial score (nSPS) is 13.3. The van der Waals surface area contributed by atoms with E-state index in [0.29, 0.717) is 17.9 Å². The van der Waals surface area contributed by atoms with Gasteiger partial charge in [0.2, 0.25) is 5.91 Å². The van der Waals surface area contributed by atoms with Gasteiger partial charge in [-0.2, -0.15) is 11.8 Å². The molecule has 0 unspecified atom stereocenters. The van der Waals surface area contributed by atoms with Crippen molar-refractivity contribution >= 4 is 17.7 Å². The smallest absolute Gasteiger partial charge is 0.226 e. The molecule has 0 aromatic rings. The largest absolute Gasteiger partial charge is 0.343 e. The average Bonchev–Trinajstić information content (AvgIpc) is 2.16. The maximum Gasteiger partial charge on any atom is 0.226 e. The van der Waals surface area contributed by atoms with E-state index in [9.17, 15) is 4.79 Å². The molecule has 0 spiro atoms. The van der Waals surface area contributed by atoms with E-state index >= 15 is 0 Å². The van der Waals surface area contributed by atoms with Gasteiger partial charge in [0, 0.05) is 24.8 Å². The molecule has 0 saturated heterocycles. The highest BCUT2D eigenvalue weighted by Crippen LogP contribution is 2.20. The molecule has 0 saturated carbocycles. The highest BCUT2D eigenvalue weighted by Gasteiger charge is 2.25. The van der Waals surface area contributed by atoms with Gasteiger partial charge in [-0.15, -0.1) is 0 Å². The number of carbonyl (C=O) groups is 1. The molecule has 0 fully saturated rings. The van der Waals surface area contributed by atoms with Crippen LogP contribution in [-0.2, 0) is 4.79 Å². The van der Waals surface area contributed by atoms with Gasteiger partial charge in [0.05, 0.1) is 0 Å². The van der Waals surface area contributed by atoms with Crippen LogP contribution < -0.4 is 0 Å². The first kappa shape index (κ1) is 14.8. The Kier molecular flexibility index (Phi) is 7.07. The molecule has 0 rings (SSSR count). The minimum Gasteiger partial charge on any atom is -0.343 e. The van der Waals surface area contributed by atoms with Crippen molar-refractivity contribution in [3.63, 3.8) is 0 Å². The Morgan fingerprint density at radius 1 is 1.27 bits per heavy atom. The number of rotatable bonds is 6. The second-order valence-electron chi connectivity index (χ2n) is 4.55. The molecule has 1 atom stereocenters. The third-order valence-electron chi connectivity index (χ3n) is 2.75. The lowest BCUT2D eigenvalue weighted by Gasteiger charge is -2.28. The summed E-state index contributed by atoms with van der Waals surface area (Å²) in [4.78, 5) is 14.0. The Morgan fingerprint density at radius 2 is 1.80 bits per heavy atom. The van der Waals surface area contributed by atoms with Crippen LogP contribution in [0.25, 0.3) is 0 Å². The quantitative estimate of drug-likeness (QED) is 0.700. The summed E-state index contributed by atoms with van der Waals surface area (Å²) in [5.74, 6) is 2.92. The van der Waals surface area contributed by atoms with Crippen molar-refractivity contribution in [2.75, 3.05) is 18.6 Å². The fourth-order valence-corrected chi connectivity index (χ4v) is 2.33. The first-order valence-electron chi connectivity index (χ1n) is 5.76. The molecule has 0 radical (unpaired) electrons. The number of carbonyl (C=O) groups excluding carboxylic acids is 1. The molecule has 0 N–H and O–H groups in total. The Hall–Kier alpha value is -0.180. The van der Waals surface area contributed by atoms with Gasteiger partial charge >= 0.3 is 0 Å². The van der Waals surface area contributed by atoms with Crippen molar-refractivity contribution in [1.82, 2.24) is 4.90 Å². The van der Waals surface area contributed by atoms with Gasteiger partial charge in [-0.25, -0.2) is 0 Å². The van der Waals surface area contributed by atoms with Crippen LogP contribution in [0.15, 0.2) is 0 Å². The van der Waals surface area contributed by atoms with E-state index in [0.717, 1.165) is 11.5 Å². The van der Waals surface area contributed by atoms with E-state index in [2.05, 4.69) is 34.6 Å². The molecule has 3 heteroatoms. The fourth-order valence-electron chi connectivity index (χ4n) is 1.31. The summed E-state index contributed by atoms with van der Waals surface area (Å²) in [6.45, 7) is 10.5. The van der Waals surface area contributed by atoms with Gasteiger partial charge in [-0.1, -0.05) is 20.8 Å². The second kappa shape index (κ2) is 7.15. The minimum absolute atomic E-state index is 0.169. The zero-order valence-corrected chi connectivity index (χ0v) is 11.7. The van der Waals surface area contributed by atoms with E-state index in [-0.39, 0.29) is 5.92 Å². The van der Waals surface area contributed by atoms with E-state index in [1.807, 2.05) is 23.7 Å². The summed E-state index contributed by atoms with van der Waals surface area (Å²) in [5, 5.41) is 0. The predicted octanol–water partition coefficient (Wildman–Crippen LogP) is 2.88. The maximum absolute atomic E-state index is 12.1. The highest BCUT2D eigenvalue weighted by molar-refractivity contribution is 7.99. The van der Waals surface area contributed by atoms with Crippen molar-refractivity contribution in [2.24, 2.45) is 11.8 Å². The molecule has 0 aliphatic rings. The van der Waals surface area contributed by atoms with Crippen LogP contribution in [0.3, 0.4) is 0 Å².